The zero-order chi connectivity index (χ0) is 24.9. The second kappa shape index (κ2) is 11.3. The Kier molecular flexibility index (Phi) is 8.19. The van der Waals surface area contributed by atoms with Gasteiger partial charge in [0.1, 0.15) is 0 Å². The molecule has 2 N–H and O–H groups in total. The molecule has 1 aromatic heterocycles. The molecule has 0 spiro atoms. The van der Waals surface area contributed by atoms with Crippen molar-refractivity contribution in [2.45, 2.75) is 51.5 Å². The highest BCUT2D eigenvalue weighted by atomic mass is 32.2. The van der Waals surface area contributed by atoms with Crippen LogP contribution < -0.4 is 9.62 Å². The van der Waals surface area contributed by atoms with Gasteiger partial charge in [0, 0.05) is 47.9 Å². The number of nitrogens with zero attached hydrogens (tertiary/aromatic N) is 4. The lowest BCUT2D eigenvalue weighted by atomic mass is 10.00. The van der Waals surface area contributed by atoms with Gasteiger partial charge in [-0.25, -0.2) is 4.98 Å². The van der Waals surface area contributed by atoms with Crippen molar-refractivity contribution in [2.75, 3.05) is 36.3 Å². The van der Waals surface area contributed by atoms with Crippen LogP contribution in [0.15, 0.2) is 53.4 Å². The highest BCUT2D eigenvalue weighted by Crippen LogP contribution is 2.30. The summed E-state index contributed by atoms with van der Waals surface area (Å²) in [5, 5.41) is 10.3. The average molecular weight is 492 g/mol. The van der Waals surface area contributed by atoms with Crippen molar-refractivity contribution in [3.05, 3.63) is 59.7 Å². The molecule has 0 radical (unpaired) electrons. The van der Waals surface area contributed by atoms with Crippen LogP contribution in [0.1, 0.15) is 37.8 Å². The molecule has 4 rings (SSSR count). The van der Waals surface area contributed by atoms with Crippen LogP contribution in [0, 0.1) is 19.8 Å². The second-order valence-electron chi connectivity index (χ2n) is 9.94. The van der Waals surface area contributed by atoms with E-state index in [-0.39, 0.29) is 5.88 Å². The van der Waals surface area contributed by atoms with Gasteiger partial charge in [0.05, 0.1) is 5.69 Å². The molecule has 0 saturated carbocycles. The molecule has 7 heteroatoms. The van der Waals surface area contributed by atoms with E-state index < -0.39 is 0 Å². The number of benzene rings is 2. The van der Waals surface area contributed by atoms with Crippen molar-refractivity contribution < 1.29 is 5.11 Å². The van der Waals surface area contributed by atoms with Crippen LogP contribution in [0.3, 0.4) is 0 Å². The standard InChI is InChI=1S/C28H37N5OS/c1-19(2)16-22-12-13-33(15-14-32(22)5)23-10-7-11-24(17-23)35-31-28-29-25(18-26(34)30-28)27-20(3)8-6-9-21(27)4/h6-11,17-19,22H,12-16H2,1-5H3,(H2,29,30,31,34). The summed E-state index contributed by atoms with van der Waals surface area (Å²) in [6.45, 7) is 11.9. The summed E-state index contributed by atoms with van der Waals surface area (Å²) < 4.78 is 3.24. The Balaban J connectivity index is 1.46. The SMILES string of the molecule is Cc1cccc(C)c1-c1cc(O)nc(NSc2cccc(N3CCC(CC(C)C)N(C)CC3)c2)n1. The molecule has 1 saturated heterocycles. The van der Waals surface area contributed by atoms with Crippen LogP contribution in [0.25, 0.3) is 11.3 Å². The molecule has 2 heterocycles. The van der Waals surface area contributed by atoms with Gasteiger partial charge in [-0.05, 0) is 80.9 Å². The third kappa shape index (κ3) is 6.47. The van der Waals surface area contributed by atoms with Crippen molar-refractivity contribution in [1.82, 2.24) is 14.9 Å². The number of hydrogen-bond acceptors (Lipinski definition) is 7. The second-order valence-corrected chi connectivity index (χ2v) is 10.8. The van der Waals surface area contributed by atoms with E-state index in [0.29, 0.717) is 12.0 Å². The molecule has 186 valence electrons. The van der Waals surface area contributed by atoms with Crippen LogP contribution >= 0.6 is 11.9 Å². The number of rotatable bonds is 7. The molecule has 1 fully saturated rings. The number of hydrogen-bond donors (Lipinski definition) is 2. The molecule has 6 nitrogen and oxygen atoms in total. The minimum atomic E-state index is -0.0425. The number of aryl methyl sites for hydroxylation is 2. The predicted molar refractivity (Wildman–Crippen MR) is 147 cm³/mol. The van der Waals surface area contributed by atoms with Crippen LogP contribution in [0.2, 0.25) is 0 Å². The number of aromatic nitrogens is 2. The Morgan fingerprint density at radius 1 is 1.03 bits per heavy atom. The van der Waals surface area contributed by atoms with E-state index in [1.807, 2.05) is 6.07 Å². The zero-order valence-corrected chi connectivity index (χ0v) is 22.3. The minimum Gasteiger partial charge on any atom is -0.493 e. The molecule has 3 aromatic rings. The van der Waals surface area contributed by atoms with E-state index in [0.717, 1.165) is 52.8 Å². The molecule has 0 bridgehead atoms. The van der Waals surface area contributed by atoms with E-state index in [1.165, 1.54) is 30.5 Å². The van der Waals surface area contributed by atoms with Crippen molar-refractivity contribution in [3.8, 4) is 17.1 Å². The Hall–Kier alpha value is -2.77. The molecule has 2 aromatic carbocycles. The van der Waals surface area contributed by atoms with Gasteiger partial charge in [-0.15, -0.1) is 0 Å². The summed E-state index contributed by atoms with van der Waals surface area (Å²) in [5.41, 5.74) is 5.22. The van der Waals surface area contributed by atoms with Crippen molar-refractivity contribution in [1.29, 1.82) is 0 Å². The lowest BCUT2D eigenvalue weighted by Gasteiger charge is -2.26. The summed E-state index contributed by atoms with van der Waals surface area (Å²) in [6.07, 6.45) is 2.43. The van der Waals surface area contributed by atoms with Crippen LogP contribution in [0.4, 0.5) is 11.6 Å². The van der Waals surface area contributed by atoms with E-state index in [2.05, 4.69) is 95.6 Å². The first kappa shape index (κ1) is 25.3. The molecule has 35 heavy (non-hydrogen) atoms. The average Bonchev–Trinajstić information content (AvgIpc) is 2.99. The fourth-order valence-electron chi connectivity index (χ4n) is 4.87. The number of likely N-dealkylation sites (N-methyl/N-ethyl adjacent to an activating group) is 1. The normalized spacial score (nSPS) is 17.0. The quantitative estimate of drug-likeness (QED) is 0.385. The molecule has 0 aliphatic carbocycles. The molecular weight excluding hydrogens is 454 g/mol. The smallest absolute Gasteiger partial charge is 0.237 e. The maximum atomic E-state index is 10.3. The Bertz CT molecular complexity index is 1130. The third-order valence-electron chi connectivity index (χ3n) is 6.71. The summed E-state index contributed by atoms with van der Waals surface area (Å²) in [4.78, 5) is 15.0. The topological polar surface area (TPSA) is 64.5 Å². The maximum absolute atomic E-state index is 10.3. The van der Waals surface area contributed by atoms with E-state index in [4.69, 9.17) is 0 Å². The van der Waals surface area contributed by atoms with Crippen LogP contribution in [0.5, 0.6) is 5.88 Å². The number of aromatic hydroxyl groups is 1. The van der Waals surface area contributed by atoms with Gasteiger partial charge in [-0.1, -0.05) is 38.1 Å². The van der Waals surface area contributed by atoms with Crippen molar-refractivity contribution in [2.24, 2.45) is 5.92 Å². The first-order valence-corrected chi connectivity index (χ1v) is 13.2. The monoisotopic (exact) mass is 491 g/mol. The highest BCUT2D eigenvalue weighted by molar-refractivity contribution is 8.00. The summed E-state index contributed by atoms with van der Waals surface area (Å²) >= 11 is 1.46. The predicted octanol–water partition coefficient (Wildman–Crippen LogP) is 6.14. The number of anilines is 2. The minimum absolute atomic E-state index is 0.0425. The fraction of sp³-hybridized carbons (Fsp3) is 0.429. The van der Waals surface area contributed by atoms with Crippen molar-refractivity contribution >= 4 is 23.6 Å². The first-order valence-electron chi connectivity index (χ1n) is 12.4. The zero-order valence-electron chi connectivity index (χ0n) is 21.5. The molecule has 1 unspecified atom stereocenters. The molecule has 1 aliphatic heterocycles. The maximum Gasteiger partial charge on any atom is 0.237 e. The summed E-state index contributed by atoms with van der Waals surface area (Å²) in [6, 6.07) is 17.0. The van der Waals surface area contributed by atoms with Crippen LogP contribution in [-0.4, -0.2) is 52.7 Å². The Morgan fingerprint density at radius 3 is 2.51 bits per heavy atom. The lowest BCUT2D eigenvalue weighted by molar-refractivity contribution is 0.223. The Labute approximate surface area is 213 Å². The molecule has 1 atom stereocenters. The Morgan fingerprint density at radius 2 is 1.77 bits per heavy atom. The van der Waals surface area contributed by atoms with E-state index >= 15 is 0 Å². The van der Waals surface area contributed by atoms with Gasteiger partial charge in [0.15, 0.2) is 0 Å². The molecule has 0 amide bonds. The summed E-state index contributed by atoms with van der Waals surface area (Å²) in [5.74, 6) is 1.07. The fourth-order valence-corrected chi connectivity index (χ4v) is 5.50. The summed E-state index contributed by atoms with van der Waals surface area (Å²) in [7, 11) is 2.26. The van der Waals surface area contributed by atoms with E-state index in [9.17, 15) is 5.11 Å². The van der Waals surface area contributed by atoms with Gasteiger partial charge >= 0.3 is 0 Å². The van der Waals surface area contributed by atoms with Crippen LogP contribution in [-0.2, 0) is 0 Å². The first-order chi connectivity index (χ1) is 16.8. The largest absolute Gasteiger partial charge is 0.493 e. The molecule has 1 aliphatic rings. The van der Waals surface area contributed by atoms with Crippen molar-refractivity contribution in [3.63, 3.8) is 0 Å². The molecular formula is C28H37N5OS. The van der Waals surface area contributed by atoms with Gasteiger partial charge in [0.2, 0.25) is 11.8 Å². The lowest BCUT2D eigenvalue weighted by Crippen LogP contribution is -2.33. The van der Waals surface area contributed by atoms with Gasteiger partial charge < -0.3 is 14.9 Å². The van der Waals surface area contributed by atoms with Gasteiger partial charge in [-0.2, -0.15) is 4.98 Å². The third-order valence-corrected chi connectivity index (χ3v) is 7.49. The van der Waals surface area contributed by atoms with Gasteiger partial charge in [-0.3, -0.25) is 4.72 Å². The van der Waals surface area contributed by atoms with E-state index in [1.54, 1.807) is 6.07 Å². The highest BCUT2D eigenvalue weighted by Gasteiger charge is 2.22. The number of nitrogens with one attached hydrogen (secondary N) is 1. The van der Waals surface area contributed by atoms with Gasteiger partial charge in [0.25, 0.3) is 0 Å².